The fraction of sp³-hybridized carbons (Fsp3) is 0.650. The Kier molecular flexibility index (Phi) is 3.57. The molecule has 0 aromatic heterocycles. The molecule has 2 aliphatic heterocycles. The fourth-order valence-electron chi connectivity index (χ4n) is 5.16. The minimum Gasteiger partial charge on any atom is -0.347 e. The van der Waals surface area contributed by atoms with Crippen molar-refractivity contribution in [1.29, 1.82) is 0 Å². The van der Waals surface area contributed by atoms with Gasteiger partial charge in [0.05, 0.1) is 13.2 Å². The molecular formula is C20H26N2O3. The van der Waals surface area contributed by atoms with Crippen LogP contribution in [0.2, 0.25) is 0 Å². The lowest BCUT2D eigenvalue weighted by Crippen LogP contribution is -2.50. The normalized spacial score (nSPS) is 32.2. The Morgan fingerprint density at radius 1 is 1.16 bits per heavy atom. The summed E-state index contributed by atoms with van der Waals surface area (Å²) in [5.41, 5.74) is 3.39. The summed E-state index contributed by atoms with van der Waals surface area (Å²) in [6.07, 6.45) is 5.21. The van der Waals surface area contributed by atoms with E-state index in [1.165, 1.54) is 30.4 Å². The molecule has 3 fully saturated rings. The molecule has 0 unspecified atom stereocenters. The van der Waals surface area contributed by atoms with Gasteiger partial charge in [0.15, 0.2) is 5.79 Å². The SMILES string of the molecule is O=C(NC[C@H]1C[C@]12CCc1ccccc12)N1CCC2(CC1)OCCO2. The standard InChI is InChI=1S/C20H26N2O3/c23-18(22-9-7-20(8-10-22)24-11-12-25-20)21-14-16-13-19(16)6-5-15-3-1-2-4-17(15)19/h1-4,16H,5-14H2,(H,21,23)/t16-,19-/m1/s1. The number of nitrogens with one attached hydrogen (secondary N) is 1. The highest BCUT2D eigenvalue weighted by Gasteiger charge is 2.57. The third-order valence-electron chi connectivity index (χ3n) is 6.75. The van der Waals surface area contributed by atoms with Crippen LogP contribution in [-0.2, 0) is 21.3 Å². The number of likely N-dealkylation sites (tertiary alicyclic amines) is 1. The van der Waals surface area contributed by atoms with Crippen LogP contribution >= 0.6 is 0 Å². The third-order valence-corrected chi connectivity index (χ3v) is 6.75. The minimum absolute atomic E-state index is 0.0705. The number of aryl methyl sites for hydroxylation is 1. The fourth-order valence-corrected chi connectivity index (χ4v) is 5.16. The number of hydrogen-bond donors (Lipinski definition) is 1. The Balaban J connectivity index is 1.14. The number of carbonyl (C=O) groups excluding carboxylic acids is 1. The molecule has 25 heavy (non-hydrogen) atoms. The third kappa shape index (κ3) is 2.56. The van der Waals surface area contributed by atoms with E-state index in [1.54, 1.807) is 0 Å². The lowest BCUT2D eigenvalue weighted by atomic mass is 9.95. The molecule has 4 aliphatic rings. The summed E-state index contributed by atoms with van der Waals surface area (Å²) in [6, 6.07) is 8.90. The Bertz CT molecular complexity index is 675. The molecule has 2 atom stereocenters. The number of carbonyl (C=O) groups is 1. The maximum absolute atomic E-state index is 12.5. The highest BCUT2D eigenvalue weighted by molar-refractivity contribution is 5.74. The zero-order valence-corrected chi connectivity index (χ0v) is 14.6. The number of amides is 2. The molecule has 134 valence electrons. The van der Waals surface area contributed by atoms with Gasteiger partial charge < -0.3 is 19.7 Å². The largest absolute Gasteiger partial charge is 0.347 e. The molecule has 5 nitrogen and oxygen atoms in total. The van der Waals surface area contributed by atoms with E-state index in [0.29, 0.717) is 37.6 Å². The van der Waals surface area contributed by atoms with Crippen molar-refractivity contribution in [3.05, 3.63) is 35.4 Å². The van der Waals surface area contributed by atoms with Crippen LogP contribution in [0.1, 0.15) is 36.8 Å². The molecule has 0 bridgehead atoms. The second kappa shape index (κ2) is 5.71. The molecule has 1 aromatic carbocycles. The number of urea groups is 1. The Labute approximate surface area is 148 Å². The predicted octanol–water partition coefficient (Wildman–Crippen LogP) is 2.44. The van der Waals surface area contributed by atoms with Gasteiger partial charge in [-0.15, -0.1) is 0 Å². The van der Waals surface area contributed by atoms with E-state index in [4.69, 9.17) is 9.47 Å². The Morgan fingerprint density at radius 3 is 2.72 bits per heavy atom. The van der Waals surface area contributed by atoms with Gasteiger partial charge >= 0.3 is 6.03 Å². The van der Waals surface area contributed by atoms with Crippen molar-refractivity contribution in [2.45, 2.75) is 43.3 Å². The summed E-state index contributed by atoms with van der Waals surface area (Å²) in [7, 11) is 0. The van der Waals surface area contributed by atoms with Crippen LogP contribution in [0, 0.1) is 5.92 Å². The summed E-state index contributed by atoms with van der Waals surface area (Å²) in [5.74, 6) is 0.183. The second-order valence-electron chi connectivity index (χ2n) is 8.00. The lowest BCUT2D eigenvalue weighted by molar-refractivity contribution is -0.181. The zero-order valence-electron chi connectivity index (χ0n) is 14.6. The number of benzene rings is 1. The minimum atomic E-state index is -0.412. The van der Waals surface area contributed by atoms with Gasteiger partial charge in [-0.2, -0.15) is 0 Å². The Morgan fingerprint density at radius 2 is 1.92 bits per heavy atom. The van der Waals surface area contributed by atoms with E-state index in [1.807, 2.05) is 4.90 Å². The molecule has 2 saturated heterocycles. The quantitative estimate of drug-likeness (QED) is 0.898. The first-order valence-corrected chi connectivity index (χ1v) is 9.60. The zero-order chi connectivity index (χ0) is 16.9. The number of nitrogens with zero attached hydrogens (tertiary/aromatic N) is 1. The van der Waals surface area contributed by atoms with Crippen molar-refractivity contribution >= 4 is 6.03 Å². The molecule has 2 heterocycles. The van der Waals surface area contributed by atoms with Gasteiger partial charge in [-0.05, 0) is 36.3 Å². The van der Waals surface area contributed by atoms with Gasteiger partial charge in [-0.1, -0.05) is 24.3 Å². The highest BCUT2D eigenvalue weighted by atomic mass is 16.7. The first-order chi connectivity index (χ1) is 12.2. The lowest BCUT2D eigenvalue weighted by Gasteiger charge is -2.37. The molecular weight excluding hydrogens is 316 g/mol. The number of ether oxygens (including phenoxy) is 2. The molecule has 2 spiro atoms. The number of fused-ring (bicyclic) bond motifs is 2. The van der Waals surface area contributed by atoms with Gasteiger partial charge in [-0.3, -0.25) is 0 Å². The van der Waals surface area contributed by atoms with Gasteiger partial charge in [0.1, 0.15) is 0 Å². The van der Waals surface area contributed by atoms with E-state index in [-0.39, 0.29) is 6.03 Å². The molecule has 1 N–H and O–H groups in total. The summed E-state index contributed by atoms with van der Waals surface area (Å²) in [6.45, 7) is 3.58. The van der Waals surface area contributed by atoms with Crippen molar-refractivity contribution in [2.75, 3.05) is 32.8 Å². The van der Waals surface area contributed by atoms with Crippen molar-refractivity contribution in [2.24, 2.45) is 5.92 Å². The summed E-state index contributed by atoms with van der Waals surface area (Å²) < 4.78 is 11.5. The first kappa shape index (κ1) is 15.6. The summed E-state index contributed by atoms with van der Waals surface area (Å²) in [4.78, 5) is 14.4. The molecule has 5 heteroatoms. The van der Waals surface area contributed by atoms with E-state index >= 15 is 0 Å². The van der Waals surface area contributed by atoms with E-state index in [9.17, 15) is 4.79 Å². The van der Waals surface area contributed by atoms with E-state index < -0.39 is 5.79 Å². The summed E-state index contributed by atoms with van der Waals surface area (Å²) in [5, 5.41) is 3.18. The van der Waals surface area contributed by atoms with Crippen LogP contribution in [0.5, 0.6) is 0 Å². The molecule has 5 rings (SSSR count). The molecule has 2 amide bonds. The van der Waals surface area contributed by atoms with Gasteiger partial charge in [0.2, 0.25) is 0 Å². The van der Waals surface area contributed by atoms with Crippen molar-refractivity contribution < 1.29 is 14.3 Å². The monoisotopic (exact) mass is 342 g/mol. The van der Waals surface area contributed by atoms with Crippen molar-refractivity contribution in [1.82, 2.24) is 10.2 Å². The van der Waals surface area contributed by atoms with E-state index in [0.717, 1.165) is 19.4 Å². The molecule has 2 aliphatic carbocycles. The highest BCUT2D eigenvalue weighted by Crippen LogP contribution is 2.61. The smallest absolute Gasteiger partial charge is 0.317 e. The van der Waals surface area contributed by atoms with Crippen LogP contribution in [0.25, 0.3) is 0 Å². The number of rotatable bonds is 2. The first-order valence-electron chi connectivity index (χ1n) is 9.60. The average Bonchev–Trinajstić information content (AvgIpc) is 2.96. The maximum Gasteiger partial charge on any atom is 0.317 e. The molecule has 0 radical (unpaired) electrons. The predicted molar refractivity (Wildman–Crippen MR) is 93.4 cm³/mol. The average molecular weight is 342 g/mol. The van der Waals surface area contributed by atoms with Crippen LogP contribution < -0.4 is 5.32 Å². The number of hydrogen-bond acceptors (Lipinski definition) is 3. The Hall–Kier alpha value is -1.59. The van der Waals surface area contributed by atoms with Crippen LogP contribution in [0.4, 0.5) is 4.79 Å². The van der Waals surface area contributed by atoms with Crippen LogP contribution in [0.15, 0.2) is 24.3 Å². The topological polar surface area (TPSA) is 50.8 Å². The van der Waals surface area contributed by atoms with Gasteiger partial charge in [0.25, 0.3) is 0 Å². The van der Waals surface area contributed by atoms with Gasteiger partial charge in [-0.25, -0.2) is 4.79 Å². The maximum atomic E-state index is 12.5. The van der Waals surface area contributed by atoms with Crippen LogP contribution in [0.3, 0.4) is 0 Å². The van der Waals surface area contributed by atoms with Gasteiger partial charge in [0, 0.05) is 37.9 Å². The second-order valence-corrected chi connectivity index (χ2v) is 8.00. The molecule has 1 aromatic rings. The van der Waals surface area contributed by atoms with Crippen molar-refractivity contribution in [3.63, 3.8) is 0 Å². The van der Waals surface area contributed by atoms with E-state index in [2.05, 4.69) is 29.6 Å². The van der Waals surface area contributed by atoms with Crippen molar-refractivity contribution in [3.8, 4) is 0 Å². The number of piperidine rings is 1. The van der Waals surface area contributed by atoms with Crippen LogP contribution in [-0.4, -0.2) is 49.6 Å². The summed E-state index contributed by atoms with van der Waals surface area (Å²) >= 11 is 0. The molecule has 1 saturated carbocycles.